The number of aryl methyl sites for hydroxylation is 2. The van der Waals surface area contributed by atoms with E-state index in [1.54, 1.807) is 0 Å². The van der Waals surface area contributed by atoms with E-state index in [9.17, 15) is 0 Å². The van der Waals surface area contributed by atoms with E-state index in [1.807, 2.05) is 36.7 Å². The highest BCUT2D eigenvalue weighted by Gasteiger charge is 1.93. The first-order valence-corrected chi connectivity index (χ1v) is 7.36. The van der Waals surface area contributed by atoms with E-state index in [4.69, 9.17) is 0 Å². The summed E-state index contributed by atoms with van der Waals surface area (Å²) in [5, 5.41) is 2.45. The van der Waals surface area contributed by atoms with E-state index in [1.165, 1.54) is 21.9 Å². The number of benzene rings is 2. The predicted octanol–water partition coefficient (Wildman–Crippen LogP) is 5.09. The van der Waals surface area contributed by atoms with Crippen molar-refractivity contribution in [1.29, 1.82) is 0 Å². The number of hydrogen-bond acceptors (Lipinski definition) is 2. The second-order valence-corrected chi connectivity index (χ2v) is 5.34. The Bertz CT molecular complexity index is 902. The van der Waals surface area contributed by atoms with Gasteiger partial charge in [-0.3, -0.25) is 9.97 Å². The second-order valence-electron chi connectivity index (χ2n) is 5.34. The van der Waals surface area contributed by atoms with Crippen LogP contribution < -0.4 is 0 Å². The van der Waals surface area contributed by atoms with Gasteiger partial charge >= 0.3 is 0 Å². The molecule has 0 saturated carbocycles. The monoisotopic (exact) mass is 286 g/mol. The third-order valence-electron chi connectivity index (χ3n) is 3.63. The molecule has 108 valence electrons. The van der Waals surface area contributed by atoms with E-state index >= 15 is 0 Å². The first kappa shape index (κ1) is 14.2. The summed E-state index contributed by atoms with van der Waals surface area (Å²) >= 11 is 0. The third kappa shape index (κ3) is 3.12. The van der Waals surface area contributed by atoms with E-state index < -0.39 is 0 Å². The Morgan fingerprint density at radius 3 is 2.27 bits per heavy atom. The van der Waals surface area contributed by atoms with Crippen LogP contribution in [0.5, 0.6) is 0 Å². The SMILES string of the molecule is Cc1ccc2cccnc2c1.Cc1cccc2ncccc12. The van der Waals surface area contributed by atoms with Crippen molar-refractivity contribution < 1.29 is 0 Å². The van der Waals surface area contributed by atoms with Crippen LogP contribution in [0.3, 0.4) is 0 Å². The predicted molar refractivity (Wildman–Crippen MR) is 93.0 cm³/mol. The molecule has 22 heavy (non-hydrogen) atoms. The Labute approximate surface area is 130 Å². The zero-order valence-corrected chi connectivity index (χ0v) is 12.8. The molecule has 0 spiro atoms. The van der Waals surface area contributed by atoms with Crippen molar-refractivity contribution >= 4 is 21.8 Å². The maximum Gasteiger partial charge on any atom is 0.0704 e. The molecule has 0 bridgehead atoms. The minimum atomic E-state index is 1.08. The number of aromatic nitrogens is 2. The van der Waals surface area contributed by atoms with Crippen molar-refractivity contribution in [2.45, 2.75) is 13.8 Å². The lowest BCUT2D eigenvalue weighted by Crippen LogP contribution is -1.79. The fourth-order valence-electron chi connectivity index (χ4n) is 2.43. The summed E-state index contributed by atoms with van der Waals surface area (Å²) in [6, 6.07) is 20.5. The minimum Gasteiger partial charge on any atom is -0.256 e. The first-order valence-electron chi connectivity index (χ1n) is 7.36. The van der Waals surface area contributed by atoms with Crippen molar-refractivity contribution in [2.24, 2.45) is 0 Å². The molecule has 2 heteroatoms. The molecule has 2 aromatic carbocycles. The van der Waals surface area contributed by atoms with E-state index in [-0.39, 0.29) is 0 Å². The highest BCUT2D eigenvalue weighted by Crippen LogP contribution is 2.14. The van der Waals surface area contributed by atoms with Crippen LogP contribution in [0, 0.1) is 13.8 Å². The van der Waals surface area contributed by atoms with Gasteiger partial charge in [-0.2, -0.15) is 0 Å². The van der Waals surface area contributed by atoms with Crippen LogP contribution in [0.4, 0.5) is 0 Å². The molecule has 2 heterocycles. The standard InChI is InChI=1S/2C10H9N/c1-8-4-2-6-10-9(8)5-3-7-11-10;1-8-4-5-9-3-2-6-11-10(9)7-8/h2*2-7H,1H3. The summed E-state index contributed by atoms with van der Waals surface area (Å²) in [5.74, 6) is 0. The Morgan fingerprint density at radius 2 is 1.45 bits per heavy atom. The molecule has 0 unspecified atom stereocenters. The number of fused-ring (bicyclic) bond motifs is 2. The molecule has 0 radical (unpaired) electrons. The Balaban J connectivity index is 0.000000131. The minimum absolute atomic E-state index is 1.08. The van der Waals surface area contributed by atoms with Crippen LogP contribution in [0.2, 0.25) is 0 Å². The van der Waals surface area contributed by atoms with Gasteiger partial charge in [-0.1, -0.05) is 36.4 Å². The van der Waals surface area contributed by atoms with Crippen molar-refractivity contribution in [1.82, 2.24) is 9.97 Å². The van der Waals surface area contributed by atoms with E-state index in [2.05, 4.69) is 60.2 Å². The van der Waals surface area contributed by atoms with Crippen LogP contribution in [0.1, 0.15) is 11.1 Å². The molecule has 2 nitrogen and oxygen atoms in total. The normalized spacial score (nSPS) is 10.3. The van der Waals surface area contributed by atoms with Crippen molar-refractivity contribution in [2.75, 3.05) is 0 Å². The Hall–Kier alpha value is -2.74. The molecule has 0 saturated heterocycles. The van der Waals surface area contributed by atoms with E-state index in [0.29, 0.717) is 0 Å². The maximum absolute atomic E-state index is 4.24. The van der Waals surface area contributed by atoms with Crippen LogP contribution in [-0.4, -0.2) is 9.97 Å². The lowest BCUT2D eigenvalue weighted by molar-refractivity contribution is 1.39. The summed E-state index contributed by atoms with van der Waals surface area (Å²) in [6.07, 6.45) is 3.64. The van der Waals surface area contributed by atoms with Gasteiger partial charge in [0.1, 0.15) is 0 Å². The lowest BCUT2D eigenvalue weighted by atomic mass is 10.1. The van der Waals surface area contributed by atoms with Crippen molar-refractivity contribution in [3.05, 3.63) is 84.2 Å². The number of nitrogens with zero attached hydrogens (tertiary/aromatic N) is 2. The number of pyridine rings is 2. The molecule has 0 aliphatic heterocycles. The van der Waals surface area contributed by atoms with Gasteiger partial charge in [0.15, 0.2) is 0 Å². The molecular formula is C20H18N2. The van der Waals surface area contributed by atoms with Crippen LogP contribution >= 0.6 is 0 Å². The van der Waals surface area contributed by atoms with Gasteiger partial charge in [0.25, 0.3) is 0 Å². The molecule has 4 rings (SSSR count). The summed E-state index contributed by atoms with van der Waals surface area (Å²) in [5.41, 5.74) is 4.70. The zero-order valence-electron chi connectivity index (χ0n) is 12.8. The van der Waals surface area contributed by atoms with E-state index in [0.717, 1.165) is 11.0 Å². The molecule has 2 aromatic heterocycles. The average molecular weight is 286 g/mol. The van der Waals surface area contributed by atoms with Crippen LogP contribution in [0.15, 0.2) is 73.1 Å². The highest BCUT2D eigenvalue weighted by atomic mass is 14.6. The lowest BCUT2D eigenvalue weighted by Gasteiger charge is -1.97. The first-order chi connectivity index (χ1) is 10.7. The topological polar surface area (TPSA) is 25.8 Å². The Kier molecular flexibility index (Phi) is 4.10. The van der Waals surface area contributed by atoms with Crippen molar-refractivity contribution in [3.63, 3.8) is 0 Å². The van der Waals surface area contributed by atoms with Crippen LogP contribution in [-0.2, 0) is 0 Å². The molecule has 0 atom stereocenters. The van der Waals surface area contributed by atoms with Gasteiger partial charge < -0.3 is 0 Å². The van der Waals surface area contributed by atoms with Gasteiger partial charge in [0.05, 0.1) is 11.0 Å². The highest BCUT2D eigenvalue weighted by molar-refractivity contribution is 5.81. The van der Waals surface area contributed by atoms with Crippen molar-refractivity contribution in [3.8, 4) is 0 Å². The maximum atomic E-state index is 4.24. The van der Waals surface area contributed by atoms with Gasteiger partial charge in [-0.05, 0) is 49.2 Å². The fourth-order valence-corrected chi connectivity index (χ4v) is 2.43. The quantitative estimate of drug-likeness (QED) is 0.450. The molecule has 0 amide bonds. The number of rotatable bonds is 0. The average Bonchev–Trinajstić information content (AvgIpc) is 2.56. The molecule has 0 aliphatic carbocycles. The molecule has 4 aromatic rings. The van der Waals surface area contributed by atoms with Gasteiger partial charge in [-0.25, -0.2) is 0 Å². The summed E-state index contributed by atoms with van der Waals surface area (Å²) < 4.78 is 0. The van der Waals surface area contributed by atoms with Crippen LogP contribution in [0.25, 0.3) is 21.8 Å². The molecule has 0 fully saturated rings. The van der Waals surface area contributed by atoms with Gasteiger partial charge in [0.2, 0.25) is 0 Å². The zero-order chi connectivity index (χ0) is 15.4. The number of hydrogen-bond donors (Lipinski definition) is 0. The summed E-state index contributed by atoms with van der Waals surface area (Å²) in [7, 11) is 0. The van der Waals surface area contributed by atoms with Gasteiger partial charge in [0, 0.05) is 23.2 Å². The van der Waals surface area contributed by atoms with Gasteiger partial charge in [-0.15, -0.1) is 0 Å². The summed E-state index contributed by atoms with van der Waals surface area (Å²) in [4.78, 5) is 8.48. The summed E-state index contributed by atoms with van der Waals surface area (Å²) in [6.45, 7) is 4.18. The molecule has 0 N–H and O–H groups in total. The third-order valence-corrected chi connectivity index (χ3v) is 3.63. The smallest absolute Gasteiger partial charge is 0.0704 e. The largest absolute Gasteiger partial charge is 0.256 e. The Morgan fingerprint density at radius 1 is 0.682 bits per heavy atom. The fraction of sp³-hybridized carbons (Fsp3) is 0.100. The second kappa shape index (κ2) is 6.35. The molecular weight excluding hydrogens is 268 g/mol. The molecule has 0 aliphatic rings.